The van der Waals surface area contributed by atoms with Gasteiger partial charge in [-0.15, -0.1) is 0 Å². The number of carbonyl (C=O) groups is 1. The third kappa shape index (κ3) is 2.55. The number of aromatic carboxylic acids is 1. The third-order valence-corrected chi connectivity index (χ3v) is 3.17. The zero-order valence-electron chi connectivity index (χ0n) is 11.2. The molecule has 1 aromatic rings. The summed E-state index contributed by atoms with van der Waals surface area (Å²) in [5, 5.41) is 20.1. The lowest BCUT2D eigenvalue weighted by Gasteiger charge is -2.42. The molecule has 1 fully saturated rings. The summed E-state index contributed by atoms with van der Waals surface area (Å²) in [5.74, 6) is -1.14. The first kappa shape index (κ1) is 14.2. The van der Waals surface area contributed by atoms with E-state index in [0.29, 0.717) is 19.8 Å². The minimum Gasteiger partial charge on any atom is -0.477 e. The Kier molecular flexibility index (Phi) is 3.58. The van der Waals surface area contributed by atoms with Crippen molar-refractivity contribution in [2.45, 2.75) is 19.4 Å². The highest BCUT2D eigenvalue weighted by atomic mass is 16.6. The molecule has 8 heteroatoms. The van der Waals surface area contributed by atoms with Crippen LogP contribution in [0.4, 0.5) is 11.5 Å². The molecule has 0 unspecified atom stereocenters. The van der Waals surface area contributed by atoms with E-state index in [4.69, 9.17) is 9.84 Å². The number of aromatic nitrogens is 1. The molecule has 1 aliphatic heterocycles. The van der Waals surface area contributed by atoms with Crippen LogP contribution in [0.1, 0.15) is 24.3 Å². The van der Waals surface area contributed by atoms with Crippen LogP contribution in [0.15, 0.2) is 12.1 Å². The molecule has 0 aliphatic carbocycles. The van der Waals surface area contributed by atoms with E-state index in [2.05, 4.69) is 4.98 Å². The van der Waals surface area contributed by atoms with Crippen LogP contribution in [0.2, 0.25) is 0 Å². The molecule has 2 heterocycles. The van der Waals surface area contributed by atoms with E-state index < -0.39 is 16.4 Å². The Hall–Kier alpha value is -2.22. The van der Waals surface area contributed by atoms with Gasteiger partial charge in [0.2, 0.25) is 5.82 Å². The minimum absolute atomic E-state index is 0.0724. The van der Waals surface area contributed by atoms with Crippen molar-refractivity contribution >= 4 is 17.5 Å². The number of rotatable bonds is 3. The van der Waals surface area contributed by atoms with E-state index in [1.807, 2.05) is 13.8 Å². The second-order valence-corrected chi connectivity index (χ2v) is 5.12. The SMILES string of the molecule is CC1(C)COCCN1c1nc(C(=O)O)ccc1[N+](=O)[O-]. The molecular formula is C12H15N3O5. The van der Waals surface area contributed by atoms with Crippen molar-refractivity contribution < 1.29 is 19.6 Å². The minimum atomic E-state index is -1.22. The highest BCUT2D eigenvalue weighted by Gasteiger charge is 2.36. The van der Waals surface area contributed by atoms with Gasteiger partial charge in [-0.3, -0.25) is 10.1 Å². The van der Waals surface area contributed by atoms with E-state index >= 15 is 0 Å². The van der Waals surface area contributed by atoms with Crippen LogP contribution in [0, 0.1) is 10.1 Å². The molecule has 2 rings (SSSR count). The van der Waals surface area contributed by atoms with E-state index in [1.165, 1.54) is 6.07 Å². The normalized spacial score (nSPS) is 17.8. The maximum absolute atomic E-state index is 11.1. The average molecular weight is 281 g/mol. The second kappa shape index (κ2) is 5.04. The van der Waals surface area contributed by atoms with Crippen molar-refractivity contribution in [1.29, 1.82) is 0 Å². The zero-order valence-corrected chi connectivity index (χ0v) is 11.2. The number of ether oxygens (including phenoxy) is 1. The molecule has 1 saturated heterocycles. The summed E-state index contributed by atoms with van der Waals surface area (Å²) >= 11 is 0. The first-order chi connectivity index (χ1) is 9.33. The summed E-state index contributed by atoms with van der Waals surface area (Å²) in [5.41, 5.74) is -0.912. The van der Waals surface area contributed by atoms with Crippen LogP contribution in [-0.4, -0.2) is 46.3 Å². The maximum Gasteiger partial charge on any atom is 0.354 e. The van der Waals surface area contributed by atoms with Crippen molar-refractivity contribution in [2.24, 2.45) is 0 Å². The molecule has 1 N–H and O–H groups in total. The van der Waals surface area contributed by atoms with Crippen molar-refractivity contribution in [3.8, 4) is 0 Å². The van der Waals surface area contributed by atoms with Crippen molar-refractivity contribution in [3.05, 3.63) is 27.9 Å². The van der Waals surface area contributed by atoms with Gasteiger partial charge in [-0.1, -0.05) is 0 Å². The first-order valence-electron chi connectivity index (χ1n) is 6.07. The molecule has 0 aromatic carbocycles. The molecule has 1 aliphatic rings. The van der Waals surface area contributed by atoms with Gasteiger partial charge >= 0.3 is 11.7 Å². The molecule has 0 radical (unpaired) electrons. The van der Waals surface area contributed by atoms with Crippen LogP contribution >= 0.6 is 0 Å². The van der Waals surface area contributed by atoms with Gasteiger partial charge in [-0.25, -0.2) is 9.78 Å². The van der Waals surface area contributed by atoms with Gasteiger partial charge in [0.05, 0.1) is 23.7 Å². The predicted molar refractivity (Wildman–Crippen MR) is 70.1 cm³/mol. The fourth-order valence-corrected chi connectivity index (χ4v) is 2.15. The van der Waals surface area contributed by atoms with Crippen LogP contribution < -0.4 is 4.90 Å². The van der Waals surface area contributed by atoms with Crippen LogP contribution in [0.25, 0.3) is 0 Å². The van der Waals surface area contributed by atoms with Crippen molar-refractivity contribution in [3.63, 3.8) is 0 Å². The highest BCUT2D eigenvalue weighted by molar-refractivity contribution is 5.86. The van der Waals surface area contributed by atoms with Crippen LogP contribution in [0.5, 0.6) is 0 Å². The topological polar surface area (TPSA) is 106 Å². The standard InChI is InChI=1S/C12H15N3O5/c1-12(2)7-20-6-5-14(12)10-9(15(18)19)4-3-8(13-10)11(16)17/h3-4H,5-7H2,1-2H3,(H,16,17). The quantitative estimate of drug-likeness (QED) is 0.657. The number of hydrogen-bond acceptors (Lipinski definition) is 6. The molecule has 20 heavy (non-hydrogen) atoms. The summed E-state index contributed by atoms with van der Waals surface area (Å²) in [6, 6.07) is 2.31. The molecule has 0 saturated carbocycles. The summed E-state index contributed by atoms with van der Waals surface area (Å²) in [7, 11) is 0. The number of carboxylic acid groups (broad SMARTS) is 1. The van der Waals surface area contributed by atoms with Crippen molar-refractivity contribution in [1.82, 2.24) is 4.98 Å². The number of morpholine rings is 1. The van der Waals surface area contributed by atoms with Gasteiger partial charge in [0.15, 0.2) is 5.69 Å². The second-order valence-electron chi connectivity index (χ2n) is 5.12. The molecule has 0 atom stereocenters. The van der Waals surface area contributed by atoms with Gasteiger partial charge in [-0.2, -0.15) is 0 Å². The largest absolute Gasteiger partial charge is 0.477 e. The fraction of sp³-hybridized carbons (Fsp3) is 0.500. The molecule has 1 aromatic heterocycles. The molecule has 0 spiro atoms. The third-order valence-electron chi connectivity index (χ3n) is 3.17. The van der Waals surface area contributed by atoms with E-state index in [1.54, 1.807) is 4.90 Å². The number of pyridine rings is 1. The number of anilines is 1. The average Bonchev–Trinajstić information content (AvgIpc) is 2.37. The van der Waals surface area contributed by atoms with Gasteiger partial charge < -0.3 is 14.7 Å². The predicted octanol–water partition coefficient (Wildman–Crippen LogP) is 1.30. The number of nitro groups is 1. The Morgan fingerprint density at radius 1 is 1.55 bits per heavy atom. The summed E-state index contributed by atoms with van der Waals surface area (Å²) in [6.45, 7) is 4.96. The summed E-state index contributed by atoms with van der Waals surface area (Å²) < 4.78 is 5.36. The number of nitrogens with zero attached hydrogens (tertiary/aromatic N) is 3. The van der Waals surface area contributed by atoms with E-state index in [-0.39, 0.29) is 17.2 Å². The van der Waals surface area contributed by atoms with Gasteiger partial charge in [0, 0.05) is 12.6 Å². The number of hydrogen-bond donors (Lipinski definition) is 1. The van der Waals surface area contributed by atoms with Crippen molar-refractivity contribution in [2.75, 3.05) is 24.7 Å². The Labute approximate surface area is 115 Å². The monoisotopic (exact) mass is 281 g/mol. The fourth-order valence-electron chi connectivity index (χ4n) is 2.15. The van der Waals surface area contributed by atoms with Crippen LogP contribution in [0.3, 0.4) is 0 Å². The maximum atomic E-state index is 11.1. The lowest BCUT2D eigenvalue weighted by Crippen LogP contribution is -2.53. The van der Waals surface area contributed by atoms with E-state index in [9.17, 15) is 14.9 Å². The number of carboxylic acids is 1. The molecule has 0 bridgehead atoms. The molecule has 8 nitrogen and oxygen atoms in total. The smallest absolute Gasteiger partial charge is 0.354 e. The zero-order chi connectivity index (χ0) is 14.9. The lowest BCUT2D eigenvalue weighted by atomic mass is 10.0. The Morgan fingerprint density at radius 3 is 2.80 bits per heavy atom. The molecule has 108 valence electrons. The summed E-state index contributed by atoms with van der Waals surface area (Å²) in [6.07, 6.45) is 0. The Bertz CT molecular complexity index is 558. The summed E-state index contributed by atoms with van der Waals surface area (Å²) in [4.78, 5) is 27.2. The van der Waals surface area contributed by atoms with Gasteiger partial charge in [0.25, 0.3) is 0 Å². The first-order valence-corrected chi connectivity index (χ1v) is 6.07. The van der Waals surface area contributed by atoms with Gasteiger partial charge in [0.1, 0.15) is 0 Å². The Morgan fingerprint density at radius 2 is 2.25 bits per heavy atom. The van der Waals surface area contributed by atoms with Gasteiger partial charge in [-0.05, 0) is 19.9 Å². The highest BCUT2D eigenvalue weighted by Crippen LogP contribution is 2.32. The van der Waals surface area contributed by atoms with Crippen LogP contribution in [-0.2, 0) is 4.74 Å². The van der Waals surface area contributed by atoms with E-state index in [0.717, 1.165) is 6.07 Å². The lowest BCUT2D eigenvalue weighted by molar-refractivity contribution is -0.384. The molecule has 0 amide bonds. The molecular weight excluding hydrogens is 266 g/mol. The Balaban J connectivity index is 2.54.